The summed E-state index contributed by atoms with van der Waals surface area (Å²) in [6.07, 6.45) is 0.389. The average molecular weight is 370 g/mol. The number of hydrogen-bond donors (Lipinski definition) is 0. The molecule has 0 N–H and O–H groups in total. The first-order valence-corrected chi connectivity index (χ1v) is 8.35. The number of benzene rings is 2. The zero-order chi connectivity index (χ0) is 14.5. The molecule has 0 aliphatic rings. The van der Waals surface area contributed by atoms with E-state index >= 15 is 0 Å². The van der Waals surface area contributed by atoms with E-state index in [-0.39, 0.29) is 5.78 Å². The van der Waals surface area contributed by atoms with E-state index in [4.69, 9.17) is 11.6 Å². The van der Waals surface area contributed by atoms with E-state index in [1.807, 2.05) is 49.4 Å². The van der Waals surface area contributed by atoms with Gasteiger partial charge >= 0.3 is 0 Å². The number of thioether (sulfide) groups is 1. The fourth-order valence-corrected chi connectivity index (χ4v) is 3.45. The molecule has 0 saturated carbocycles. The quantitative estimate of drug-likeness (QED) is 0.664. The van der Waals surface area contributed by atoms with Crippen LogP contribution in [0.1, 0.15) is 11.1 Å². The number of ketones is 1. The van der Waals surface area contributed by atoms with Crippen molar-refractivity contribution in [2.45, 2.75) is 18.2 Å². The molecule has 0 bridgehead atoms. The molecule has 0 aromatic heterocycles. The molecular formula is C16H14BrClOS. The van der Waals surface area contributed by atoms with Crippen LogP contribution in [0.3, 0.4) is 0 Å². The van der Waals surface area contributed by atoms with E-state index in [0.29, 0.717) is 17.2 Å². The minimum absolute atomic E-state index is 0.181. The summed E-state index contributed by atoms with van der Waals surface area (Å²) in [6.45, 7) is 1.99. The number of carbonyl (C=O) groups is 1. The molecule has 0 amide bonds. The summed E-state index contributed by atoms with van der Waals surface area (Å²) in [4.78, 5) is 13.1. The van der Waals surface area contributed by atoms with Gasteiger partial charge in [0.1, 0.15) is 5.78 Å². The molecule has 0 aliphatic heterocycles. The second kappa shape index (κ2) is 7.30. The predicted octanol–water partition coefficient (Wildman–Crippen LogP) is 5.31. The van der Waals surface area contributed by atoms with Crippen molar-refractivity contribution >= 4 is 45.1 Å². The Morgan fingerprint density at radius 2 is 2.05 bits per heavy atom. The predicted molar refractivity (Wildman–Crippen MR) is 89.8 cm³/mol. The van der Waals surface area contributed by atoms with Crippen LogP contribution in [0.2, 0.25) is 5.02 Å². The fraction of sp³-hybridized carbons (Fsp3) is 0.188. The maximum absolute atomic E-state index is 12.0. The van der Waals surface area contributed by atoms with Gasteiger partial charge in [-0.05, 0) is 42.3 Å². The Kier molecular flexibility index (Phi) is 5.70. The lowest BCUT2D eigenvalue weighted by Crippen LogP contribution is -2.06. The van der Waals surface area contributed by atoms with Gasteiger partial charge in [-0.15, -0.1) is 11.8 Å². The Morgan fingerprint density at radius 1 is 1.25 bits per heavy atom. The molecular weight excluding hydrogens is 356 g/mol. The zero-order valence-corrected chi connectivity index (χ0v) is 14.2. The van der Waals surface area contributed by atoms with Crippen molar-refractivity contribution < 1.29 is 4.79 Å². The van der Waals surface area contributed by atoms with Crippen molar-refractivity contribution in [3.8, 4) is 0 Å². The van der Waals surface area contributed by atoms with Gasteiger partial charge < -0.3 is 0 Å². The third-order valence-corrected chi connectivity index (χ3v) is 4.69. The number of hydrogen-bond acceptors (Lipinski definition) is 2. The standard InChI is InChI=1S/C16H14BrClOS/c1-11-5-6-12(16(18)7-11)8-14(19)10-20-15-4-2-3-13(17)9-15/h2-7,9H,8,10H2,1H3. The molecule has 2 aromatic carbocycles. The lowest BCUT2D eigenvalue weighted by molar-refractivity contribution is -0.116. The van der Waals surface area contributed by atoms with Gasteiger partial charge in [-0.1, -0.05) is 45.7 Å². The molecule has 0 heterocycles. The largest absolute Gasteiger partial charge is 0.298 e. The number of rotatable bonds is 5. The molecule has 4 heteroatoms. The third kappa shape index (κ3) is 4.65. The van der Waals surface area contributed by atoms with Crippen molar-refractivity contribution in [3.05, 3.63) is 63.1 Å². The van der Waals surface area contributed by atoms with Crippen molar-refractivity contribution in [3.63, 3.8) is 0 Å². The van der Waals surface area contributed by atoms with Crippen molar-refractivity contribution in [1.82, 2.24) is 0 Å². The number of aryl methyl sites for hydroxylation is 1. The summed E-state index contributed by atoms with van der Waals surface area (Å²) >= 11 is 11.1. The van der Waals surface area contributed by atoms with Gasteiger partial charge in [-0.2, -0.15) is 0 Å². The maximum Gasteiger partial charge on any atom is 0.147 e. The Balaban J connectivity index is 1.92. The van der Waals surface area contributed by atoms with Crippen LogP contribution < -0.4 is 0 Å². The van der Waals surface area contributed by atoms with Crippen LogP contribution in [0.4, 0.5) is 0 Å². The van der Waals surface area contributed by atoms with Gasteiger partial charge in [0.25, 0.3) is 0 Å². The van der Waals surface area contributed by atoms with Crippen LogP contribution in [0, 0.1) is 6.92 Å². The molecule has 0 saturated heterocycles. The minimum atomic E-state index is 0.181. The molecule has 0 spiro atoms. The molecule has 0 fully saturated rings. The van der Waals surface area contributed by atoms with Crippen molar-refractivity contribution in [2.75, 3.05) is 5.75 Å². The molecule has 104 valence electrons. The highest BCUT2D eigenvalue weighted by Gasteiger charge is 2.08. The monoisotopic (exact) mass is 368 g/mol. The minimum Gasteiger partial charge on any atom is -0.298 e. The van der Waals surface area contributed by atoms with Crippen LogP contribution in [-0.2, 0) is 11.2 Å². The maximum atomic E-state index is 12.0. The molecule has 2 rings (SSSR count). The first kappa shape index (κ1) is 15.6. The third-order valence-electron chi connectivity index (χ3n) is 2.79. The first-order valence-electron chi connectivity index (χ1n) is 6.19. The summed E-state index contributed by atoms with van der Waals surface area (Å²) < 4.78 is 1.02. The Hall–Kier alpha value is -0.770. The summed E-state index contributed by atoms with van der Waals surface area (Å²) in [7, 11) is 0. The molecule has 0 aliphatic carbocycles. The van der Waals surface area contributed by atoms with E-state index in [1.165, 1.54) is 0 Å². The van der Waals surface area contributed by atoms with E-state index < -0.39 is 0 Å². The van der Waals surface area contributed by atoms with Crippen LogP contribution in [0.15, 0.2) is 51.8 Å². The summed E-state index contributed by atoms with van der Waals surface area (Å²) in [5.74, 6) is 0.640. The summed E-state index contributed by atoms with van der Waals surface area (Å²) in [5, 5.41) is 0.672. The highest BCUT2D eigenvalue weighted by molar-refractivity contribution is 9.10. The average Bonchev–Trinajstić information content (AvgIpc) is 2.40. The number of halogens is 2. The van der Waals surface area contributed by atoms with Gasteiger partial charge in [-0.3, -0.25) is 4.79 Å². The molecule has 1 nitrogen and oxygen atoms in total. The Labute approximate surface area is 136 Å². The second-order valence-electron chi connectivity index (χ2n) is 4.56. The van der Waals surface area contributed by atoms with E-state index in [2.05, 4.69) is 15.9 Å². The first-order chi connectivity index (χ1) is 9.54. The Morgan fingerprint density at radius 3 is 2.75 bits per heavy atom. The molecule has 0 atom stereocenters. The Bertz CT molecular complexity index is 628. The van der Waals surface area contributed by atoms with Gasteiger partial charge in [0.05, 0.1) is 5.75 Å². The van der Waals surface area contributed by atoms with E-state index in [1.54, 1.807) is 11.8 Å². The highest BCUT2D eigenvalue weighted by atomic mass is 79.9. The fourth-order valence-electron chi connectivity index (χ4n) is 1.78. The van der Waals surface area contributed by atoms with Crippen molar-refractivity contribution in [1.29, 1.82) is 0 Å². The topological polar surface area (TPSA) is 17.1 Å². The van der Waals surface area contributed by atoms with E-state index in [0.717, 1.165) is 20.5 Å². The lowest BCUT2D eigenvalue weighted by Gasteiger charge is -2.05. The van der Waals surface area contributed by atoms with Crippen molar-refractivity contribution in [2.24, 2.45) is 0 Å². The van der Waals surface area contributed by atoms with E-state index in [9.17, 15) is 4.79 Å². The van der Waals surface area contributed by atoms with Gasteiger partial charge in [0.2, 0.25) is 0 Å². The summed E-state index contributed by atoms with van der Waals surface area (Å²) in [6, 6.07) is 13.8. The van der Waals surface area contributed by atoms with Crippen LogP contribution in [0.25, 0.3) is 0 Å². The molecule has 20 heavy (non-hydrogen) atoms. The summed E-state index contributed by atoms with van der Waals surface area (Å²) in [5.41, 5.74) is 2.01. The second-order valence-corrected chi connectivity index (χ2v) is 6.93. The van der Waals surface area contributed by atoms with Gasteiger partial charge in [-0.25, -0.2) is 0 Å². The van der Waals surface area contributed by atoms with Gasteiger partial charge in [0, 0.05) is 20.8 Å². The molecule has 0 unspecified atom stereocenters. The SMILES string of the molecule is Cc1ccc(CC(=O)CSc2cccc(Br)c2)c(Cl)c1. The molecule has 0 radical (unpaired) electrons. The van der Waals surface area contributed by atoms with Crippen LogP contribution >= 0.6 is 39.3 Å². The number of carbonyl (C=O) groups excluding carboxylic acids is 1. The smallest absolute Gasteiger partial charge is 0.147 e. The van der Waals surface area contributed by atoms with Gasteiger partial charge in [0.15, 0.2) is 0 Å². The van der Waals surface area contributed by atoms with Crippen LogP contribution in [0.5, 0.6) is 0 Å². The number of Topliss-reactive ketones (excluding diaryl/α,β-unsaturated/α-hetero) is 1. The van der Waals surface area contributed by atoms with Crippen LogP contribution in [-0.4, -0.2) is 11.5 Å². The lowest BCUT2D eigenvalue weighted by atomic mass is 10.1. The molecule has 2 aromatic rings. The highest BCUT2D eigenvalue weighted by Crippen LogP contribution is 2.23. The zero-order valence-electron chi connectivity index (χ0n) is 11.0. The normalized spacial score (nSPS) is 10.6.